The molecule has 2 bridgehead atoms. The monoisotopic (exact) mass is 768 g/mol. The summed E-state index contributed by atoms with van der Waals surface area (Å²) in [5.41, 5.74) is 11.1. The van der Waals surface area contributed by atoms with Gasteiger partial charge in [0.2, 0.25) is 0 Å². The maximum atomic E-state index is 13.9. The molecule has 7 nitrogen and oxygen atoms in total. The van der Waals surface area contributed by atoms with E-state index < -0.39 is 22.9 Å². The highest BCUT2D eigenvalue weighted by Crippen LogP contribution is 2.60. The molecule has 0 radical (unpaired) electrons. The minimum atomic E-state index is -0.912. The van der Waals surface area contributed by atoms with Crippen LogP contribution < -0.4 is 9.47 Å². The Morgan fingerprint density at radius 1 is 0.638 bits per heavy atom. The average Bonchev–Trinajstić information content (AvgIpc) is 3.57. The van der Waals surface area contributed by atoms with E-state index in [9.17, 15) is 9.59 Å². The van der Waals surface area contributed by atoms with Crippen molar-refractivity contribution >= 4 is 11.9 Å². The van der Waals surface area contributed by atoms with Crippen LogP contribution in [0.25, 0.3) is 11.1 Å². The first-order valence-electron chi connectivity index (χ1n) is 19.8. The molecule has 290 valence electrons. The Morgan fingerprint density at radius 3 is 1.76 bits per heavy atom. The van der Waals surface area contributed by atoms with Crippen molar-refractivity contribution in [2.75, 3.05) is 33.5 Å². The van der Waals surface area contributed by atoms with E-state index in [1.54, 1.807) is 7.11 Å². The first-order valence-corrected chi connectivity index (χ1v) is 19.8. The number of esters is 2. The Morgan fingerprint density at radius 2 is 1.17 bits per heavy atom. The van der Waals surface area contributed by atoms with Gasteiger partial charge in [-0.05, 0) is 93.2 Å². The van der Waals surface area contributed by atoms with Crippen LogP contribution in [0.4, 0.5) is 0 Å². The standard InChI is InChI=1S/C51H44O7/c1-4-48(52)57-29-27-55-36-22-18-34(19-23-36)50(43-14-8-5-11-38(43)39-12-6-9-15-44(39)50)35-20-24-37(25-21-35)56-28-30-58-49(53)47-32-41-40-13-7-10-16-45(40)51(47,54-3)46-26-17-33(2)31-42(41)46/h4-26,31,41,47H,1,27-30,32H2,2-3H3. The summed E-state index contributed by atoms with van der Waals surface area (Å²) in [5.74, 6) is 0.218. The predicted molar refractivity (Wildman–Crippen MR) is 222 cm³/mol. The van der Waals surface area contributed by atoms with Crippen LogP contribution in [0.1, 0.15) is 62.4 Å². The summed E-state index contributed by atoms with van der Waals surface area (Å²) >= 11 is 0. The zero-order valence-electron chi connectivity index (χ0n) is 32.6. The van der Waals surface area contributed by atoms with Gasteiger partial charge in [0.25, 0.3) is 0 Å². The second-order valence-corrected chi connectivity index (χ2v) is 15.1. The molecular weight excluding hydrogens is 725 g/mol. The molecule has 0 spiro atoms. The third-order valence-electron chi connectivity index (χ3n) is 12.2. The minimum Gasteiger partial charge on any atom is -0.490 e. The molecule has 3 unspecified atom stereocenters. The summed E-state index contributed by atoms with van der Waals surface area (Å²) in [7, 11) is 1.70. The smallest absolute Gasteiger partial charge is 0.330 e. The van der Waals surface area contributed by atoms with Gasteiger partial charge >= 0.3 is 11.9 Å². The highest BCUT2D eigenvalue weighted by atomic mass is 16.6. The van der Waals surface area contributed by atoms with Gasteiger partial charge < -0.3 is 23.7 Å². The second-order valence-electron chi connectivity index (χ2n) is 15.1. The molecule has 4 aliphatic rings. The van der Waals surface area contributed by atoms with E-state index in [1.807, 2.05) is 30.3 Å². The lowest BCUT2D eigenvalue weighted by molar-refractivity contribution is -0.163. The highest BCUT2D eigenvalue weighted by molar-refractivity contribution is 5.86. The number of fused-ring (bicyclic) bond motifs is 4. The van der Waals surface area contributed by atoms with Gasteiger partial charge in [-0.3, -0.25) is 4.79 Å². The summed E-state index contributed by atoms with van der Waals surface area (Å²) in [6.45, 7) is 6.21. The number of hydrogen-bond acceptors (Lipinski definition) is 7. The lowest BCUT2D eigenvalue weighted by atomic mass is 9.56. The molecule has 4 aliphatic carbocycles. The van der Waals surface area contributed by atoms with Crippen molar-refractivity contribution in [1.82, 2.24) is 0 Å². The number of hydrogen-bond donors (Lipinski definition) is 0. The van der Waals surface area contributed by atoms with E-state index in [1.165, 1.54) is 38.9 Å². The maximum absolute atomic E-state index is 13.9. The van der Waals surface area contributed by atoms with E-state index in [2.05, 4.69) is 123 Å². The molecule has 0 saturated carbocycles. The molecule has 0 fully saturated rings. The topological polar surface area (TPSA) is 80.3 Å². The van der Waals surface area contributed by atoms with Crippen molar-refractivity contribution < 1.29 is 33.3 Å². The van der Waals surface area contributed by atoms with Crippen molar-refractivity contribution in [3.05, 3.63) is 202 Å². The fourth-order valence-corrected chi connectivity index (χ4v) is 9.80. The number of carbonyl (C=O) groups excluding carboxylic acids is 2. The van der Waals surface area contributed by atoms with E-state index in [0.29, 0.717) is 17.9 Å². The normalized spacial score (nSPS) is 18.9. The maximum Gasteiger partial charge on any atom is 0.330 e. The zero-order chi connectivity index (χ0) is 39.9. The lowest BCUT2D eigenvalue weighted by Crippen LogP contribution is -2.52. The summed E-state index contributed by atoms with van der Waals surface area (Å²) in [6.07, 6.45) is 1.76. The summed E-state index contributed by atoms with van der Waals surface area (Å²) in [5, 5.41) is 0. The van der Waals surface area contributed by atoms with Crippen molar-refractivity contribution in [1.29, 1.82) is 0 Å². The molecule has 0 N–H and O–H groups in total. The predicted octanol–water partition coefficient (Wildman–Crippen LogP) is 9.44. The molecule has 0 amide bonds. The molecular formula is C51H44O7. The van der Waals surface area contributed by atoms with Gasteiger partial charge in [0.1, 0.15) is 43.5 Å². The molecule has 58 heavy (non-hydrogen) atoms. The zero-order valence-corrected chi connectivity index (χ0v) is 32.6. The van der Waals surface area contributed by atoms with E-state index in [-0.39, 0.29) is 38.3 Å². The van der Waals surface area contributed by atoms with Gasteiger partial charge in [0.15, 0.2) is 0 Å². The van der Waals surface area contributed by atoms with Crippen molar-refractivity contribution in [3.63, 3.8) is 0 Å². The van der Waals surface area contributed by atoms with E-state index in [0.717, 1.165) is 28.3 Å². The first-order chi connectivity index (χ1) is 28.4. The van der Waals surface area contributed by atoms with Gasteiger partial charge in [0, 0.05) is 19.1 Å². The summed E-state index contributed by atoms with van der Waals surface area (Å²) in [4.78, 5) is 25.4. The van der Waals surface area contributed by atoms with Crippen LogP contribution in [0, 0.1) is 12.8 Å². The van der Waals surface area contributed by atoms with Gasteiger partial charge in [0.05, 0.1) is 11.3 Å². The highest BCUT2D eigenvalue weighted by Gasteiger charge is 2.58. The number of methoxy groups -OCH3 is 1. The van der Waals surface area contributed by atoms with Crippen molar-refractivity contribution in [3.8, 4) is 22.6 Å². The van der Waals surface area contributed by atoms with Crippen LogP contribution >= 0.6 is 0 Å². The molecule has 0 heterocycles. The molecule has 6 aromatic carbocycles. The second kappa shape index (κ2) is 15.1. The Labute approximate surface area is 338 Å². The average molecular weight is 769 g/mol. The Hall–Kier alpha value is -6.44. The third kappa shape index (κ3) is 5.92. The Kier molecular flexibility index (Phi) is 9.70. The third-order valence-corrected chi connectivity index (χ3v) is 12.2. The molecule has 10 rings (SSSR count). The fraction of sp³-hybridized carbons (Fsp3) is 0.216. The summed E-state index contributed by atoms with van der Waals surface area (Å²) < 4.78 is 29.5. The van der Waals surface area contributed by atoms with Gasteiger partial charge in [-0.1, -0.05) is 127 Å². The number of aryl methyl sites for hydroxylation is 1. The van der Waals surface area contributed by atoms with Crippen LogP contribution in [-0.4, -0.2) is 45.5 Å². The largest absolute Gasteiger partial charge is 0.490 e. The number of ether oxygens (including phenoxy) is 5. The van der Waals surface area contributed by atoms with Crippen molar-refractivity contribution in [2.24, 2.45) is 5.92 Å². The van der Waals surface area contributed by atoms with Crippen LogP contribution in [0.3, 0.4) is 0 Å². The van der Waals surface area contributed by atoms with Crippen molar-refractivity contribution in [2.45, 2.75) is 30.3 Å². The minimum absolute atomic E-state index is 0.101. The molecule has 7 heteroatoms. The summed E-state index contributed by atoms with van der Waals surface area (Å²) in [6, 6.07) is 48.2. The number of rotatable bonds is 13. The molecule has 0 aromatic heterocycles. The van der Waals surface area contributed by atoms with Gasteiger partial charge in [-0.2, -0.15) is 0 Å². The number of benzene rings is 6. The molecule has 0 saturated heterocycles. The van der Waals surface area contributed by atoms with Crippen LogP contribution in [0.5, 0.6) is 11.5 Å². The molecule has 3 atom stereocenters. The van der Waals surface area contributed by atoms with Gasteiger partial charge in [-0.25, -0.2) is 4.79 Å². The fourth-order valence-electron chi connectivity index (χ4n) is 9.80. The van der Waals surface area contributed by atoms with E-state index >= 15 is 0 Å². The van der Waals surface area contributed by atoms with Crippen LogP contribution in [-0.2, 0) is 34.8 Å². The SMILES string of the molecule is C=CC(=O)OCCOc1ccc(C2(c3ccc(OCCOC(=O)C4CC5c6ccccc6C4(OC)c4ccc(C)cc45)cc3)c3ccccc3-c3ccccc32)cc1. The molecule has 6 aromatic rings. The molecule has 0 aliphatic heterocycles. The quantitative estimate of drug-likeness (QED) is 0.0657. The van der Waals surface area contributed by atoms with Crippen LogP contribution in [0.15, 0.2) is 152 Å². The van der Waals surface area contributed by atoms with E-state index in [4.69, 9.17) is 23.7 Å². The number of carbonyl (C=O) groups is 2. The Bertz CT molecular complexity index is 2470. The van der Waals surface area contributed by atoms with Gasteiger partial charge in [-0.15, -0.1) is 0 Å². The first kappa shape index (κ1) is 37.2. The Balaban J connectivity index is 0.932. The van der Waals surface area contributed by atoms with Crippen LogP contribution in [0.2, 0.25) is 0 Å². The lowest BCUT2D eigenvalue weighted by Gasteiger charge is -2.52.